The van der Waals surface area contributed by atoms with Gasteiger partial charge in [0, 0.05) is 27.8 Å². The number of anilines is 2. The summed E-state index contributed by atoms with van der Waals surface area (Å²) in [5.41, 5.74) is 8.30. The number of fused-ring (bicyclic) bond motifs is 4. The molecule has 222 valence electrons. The fourth-order valence-corrected chi connectivity index (χ4v) is 6.36. The molecule has 0 atom stereocenters. The molecular weight excluding hydrogens is 577 g/mol. The zero-order valence-corrected chi connectivity index (χ0v) is 24.6. The summed E-state index contributed by atoms with van der Waals surface area (Å²) in [7, 11) is 0. The largest absolute Gasteiger partial charge is 0.416 e. The molecule has 0 radical (unpaired) electrons. The van der Waals surface area contributed by atoms with Gasteiger partial charge < -0.3 is 9.88 Å². The summed E-state index contributed by atoms with van der Waals surface area (Å²) < 4.78 is 41.9. The fourth-order valence-electron chi connectivity index (χ4n) is 6.36. The van der Waals surface area contributed by atoms with Crippen LogP contribution in [0.4, 0.5) is 24.5 Å². The minimum absolute atomic E-state index is 0.654. The Morgan fingerprint density at radius 1 is 0.457 bits per heavy atom. The minimum atomic E-state index is -4.37. The Hall–Kier alpha value is -5.81. The standard InChI is InChI=1S/C41H27F3N2/c42-41(43,44)31-18-13-27(14-19-31)30-17-23-39-37(25-30)38-26-33(22-24-40(38)46(39)34-9-2-1-3-10-34)45-32-20-15-29(16-21-32)36-12-6-8-28-7-4-5-11-35(28)36/h1-26,45H. The van der Waals surface area contributed by atoms with E-state index in [0.717, 1.165) is 67.7 Å². The molecule has 8 rings (SSSR count). The van der Waals surface area contributed by atoms with E-state index in [1.165, 1.54) is 28.5 Å². The van der Waals surface area contributed by atoms with Crippen LogP contribution in [0, 0.1) is 0 Å². The fraction of sp³-hybridized carbons (Fsp3) is 0.0244. The lowest BCUT2D eigenvalue weighted by Gasteiger charge is -2.11. The molecule has 0 aliphatic carbocycles. The smallest absolute Gasteiger partial charge is 0.356 e. The quantitative estimate of drug-likeness (QED) is 0.207. The van der Waals surface area contributed by atoms with Crippen LogP contribution in [0.25, 0.3) is 60.5 Å². The Kier molecular flexibility index (Phi) is 6.61. The lowest BCUT2D eigenvalue weighted by Crippen LogP contribution is -2.03. The van der Waals surface area contributed by atoms with Crippen LogP contribution in [0.2, 0.25) is 0 Å². The summed E-state index contributed by atoms with van der Waals surface area (Å²) >= 11 is 0. The second-order valence-corrected chi connectivity index (χ2v) is 11.4. The molecule has 7 aromatic carbocycles. The third-order valence-electron chi connectivity index (χ3n) is 8.60. The maximum Gasteiger partial charge on any atom is 0.416 e. The summed E-state index contributed by atoms with van der Waals surface area (Å²) in [6.45, 7) is 0. The van der Waals surface area contributed by atoms with Crippen LogP contribution in [0.15, 0.2) is 158 Å². The topological polar surface area (TPSA) is 17.0 Å². The molecule has 0 unspecified atom stereocenters. The number of para-hydroxylation sites is 1. The van der Waals surface area contributed by atoms with E-state index < -0.39 is 11.7 Å². The Morgan fingerprint density at radius 3 is 1.83 bits per heavy atom. The molecule has 5 heteroatoms. The molecule has 0 bridgehead atoms. The van der Waals surface area contributed by atoms with Crippen molar-refractivity contribution in [1.29, 1.82) is 0 Å². The van der Waals surface area contributed by atoms with E-state index in [1.54, 1.807) is 0 Å². The zero-order valence-electron chi connectivity index (χ0n) is 24.6. The zero-order chi connectivity index (χ0) is 31.3. The van der Waals surface area contributed by atoms with E-state index >= 15 is 0 Å². The molecule has 2 nitrogen and oxygen atoms in total. The molecule has 1 N–H and O–H groups in total. The lowest BCUT2D eigenvalue weighted by atomic mass is 9.98. The molecule has 1 heterocycles. The van der Waals surface area contributed by atoms with Gasteiger partial charge in [-0.25, -0.2) is 0 Å². The van der Waals surface area contributed by atoms with Gasteiger partial charge in [-0.3, -0.25) is 0 Å². The average molecular weight is 605 g/mol. The van der Waals surface area contributed by atoms with Crippen molar-refractivity contribution < 1.29 is 13.2 Å². The van der Waals surface area contributed by atoms with Gasteiger partial charge in [0.05, 0.1) is 16.6 Å². The van der Waals surface area contributed by atoms with E-state index in [9.17, 15) is 13.2 Å². The number of hydrogen-bond acceptors (Lipinski definition) is 1. The maximum absolute atomic E-state index is 13.2. The molecule has 1 aromatic heterocycles. The van der Waals surface area contributed by atoms with Gasteiger partial charge in [0.25, 0.3) is 0 Å². The SMILES string of the molecule is FC(F)(F)c1ccc(-c2ccc3c(c2)c2cc(Nc4ccc(-c5cccc6ccccc56)cc4)ccc2n3-c2ccccc2)cc1. The van der Waals surface area contributed by atoms with Gasteiger partial charge >= 0.3 is 6.18 Å². The number of hydrogen-bond donors (Lipinski definition) is 1. The van der Waals surface area contributed by atoms with Crippen molar-refractivity contribution >= 4 is 44.0 Å². The summed E-state index contributed by atoms with van der Waals surface area (Å²) in [4.78, 5) is 0. The Balaban J connectivity index is 1.19. The predicted molar refractivity (Wildman–Crippen MR) is 184 cm³/mol. The highest BCUT2D eigenvalue weighted by Crippen LogP contribution is 2.38. The Bertz CT molecular complexity index is 2350. The number of halogens is 3. The van der Waals surface area contributed by atoms with Crippen molar-refractivity contribution in [2.45, 2.75) is 6.18 Å². The normalized spacial score (nSPS) is 11.8. The molecule has 0 saturated carbocycles. The first-order chi connectivity index (χ1) is 22.4. The van der Waals surface area contributed by atoms with Gasteiger partial charge in [-0.2, -0.15) is 13.2 Å². The third-order valence-corrected chi connectivity index (χ3v) is 8.60. The van der Waals surface area contributed by atoms with Crippen molar-refractivity contribution in [3.05, 3.63) is 163 Å². The van der Waals surface area contributed by atoms with Crippen LogP contribution >= 0.6 is 0 Å². The average Bonchev–Trinajstić information content (AvgIpc) is 3.41. The molecule has 0 amide bonds. The molecule has 0 fully saturated rings. The first kappa shape index (κ1) is 27.7. The van der Waals surface area contributed by atoms with Crippen LogP contribution in [-0.2, 0) is 6.18 Å². The van der Waals surface area contributed by atoms with Crippen LogP contribution in [0.3, 0.4) is 0 Å². The van der Waals surface area contributed by atoms with E-state index in [4.69, 9.17) is 0 Å². The van der Waals surface area contributed by atoms with Crippen molar-refractivity contribution in [2.75, 3.05) is 5.32 Å². The summed E-state index contributed by atoms with van der Waals surface area (Å²) in [5, 5.41) is 8.08. The van der Waals surface area contributed by atoms with E-state index in [2.05, 4.69) is 119 Å². The van der Waals surface area contributed by atoms with E-state index in [1.807, 2.05) is 24.3 Å². The van der Waals surface area contributed by atoms with Crippen LogP contribution in [0.1, 0.15) is 5.56 Å². The number of benzene rings is 7. The number of alkyl halides is 3. The Morgan fingerprint density at radius 2 is 1.07 bits per heavy atom. The number of rotatable bonds is 5. The van der Waals surface area contributed by atoms with Crippen molar-refractivity contribution in [1.82, 2.24) is 4.57 Å². The number of aromatic nitrogens is 1. The van der Waals surface area contributed by atoms with Crippen LogP contribution in [-0.4, -0.2) is 4.57 Å². The summed E-state index contributed by atoms with van der Waals surface area (Å²) in [6, 6.07) is 51.2. The molecule has 0 aliphatic rings. The second-order valence-electron chi connectivity index (χ2n) is 11.4. The van der Waals surface area contributed by atoms with Gasteiger partial charge in [0.1, 0.15) is 0 Å². The Labute approximate surface area is 264 Å². The predicted octanol–water partition coefficient (Wildman–Crippen LogP) is 12.0. The van der Waals surface area contributed by atoms with Crippen molar-refractivity contribution in [2.24, 2.45) is 0 Å². The first-order valence-electron chi connectivity index (χ1n) is 15.1. The third kappa shape index (κ3) is 4.96. The molecule has 46 heavy (non-hydrogen) atoms. The highest BCUT2D eigenvalue weighted by atomic mass is 19.4. The van der Waals surface area contributed by atoms with E-state index in [-0.39, 0.29) is 0 Å². The maximum atomic E-state index is 13.2. The van der Waals surface area contributed by atoms with Gasteiger partial charge in [-0.05, 0) is 99.8 Å². The molecule has 0 spiro atoms. The number of nitrogens with one attached hydrogen (secondary N) is 1. The summed E-state index contributed by atoms with van der Waals surface area (Å²) in [5.74, 6) is 0. The highest BCUT2D eigenvalue weighted by Gasteiger charge is 2.30. The van der Waals surface area contributed by atoms with Gasteiger partial charge in [0.2, 0.25) is 0 Å². The van der Waals surface area contributed by atoms with Crippen molar-refractivity contribution in [3.63, 3.8) is 0 Å². The summed E-state index contributed by atoms with van der Waals surface area (Å²) in [6.07, 6.45) is -4.37. The molecule has 0 saturated heterocycles. The minimum Gasteiger partial charge on any atom is -0.356 e. The van der Waals surface area contributed by atoms with Gasteiger partial charge in [-0.1, -0.05) is 91.0 Å². The van der Waals surface area contributed by atoms with Crippen LogP contribution < -0.4 is 5.32 Å². The molecule has 0 aliphatic heterocycles. The molecular formula is C41H27F3N2. The van der Waals surface area contributed by atoms with Crippen LogP contribution in [0.5, 0.6) is 0 Å². The van der Waals surface area contributed by atoms with E-state index in [0.29, 0.717) is 0 Å². The van der Waals surface area contributed by atoms with Gasteiger partial charge in [-0.15, -0.1) is 0 Å². The number of nitrogens with zero attached hydrogens (tertiary/aromatic N) is 1. The second kappa shape index (κ2) is 11.0. The monoisotopic (exact) mass is 604 g/mol. The molecule has 8 aromatic rings. The first-order valence-corrected chi connectivity index (χ1v) is 15.1. The van der Waals surface area contributed by atoms with Crippen molar-refractivity contribution in [3.8, 4) is 27.9 Å². The lowest BCUT2D eigenvalue weighted by molar-refractivity contribution is -0.137. The highest BCUT2D eigenvalue weighted by molar-refractivity contribution is 6.11. The van der Waals surface area contributed by atoms with Gasteiger partial charge in [0.15, 0.2) is 0 Å².